The molecule has 106 valence electrons. The Labute approximate surface area is 107 Å². The van der Waals surface area contributed by atoms with Crippen LogP contribution in [0.15, 0.2) is 35.7 Å². The lowest BCUT2D eigenvalue weighted by Gasteiger charge is -2.07. The summed E-state index contributed by atoms with van der Waals surface area (Å²) in [4.78, 5) is 0. The molecule has 0 radical (unpaired) electrons. The lowest BCUT2D eigenvalue weighted by molar-refractivity contribution is -0.0441. The summed E-state index contributed by atoms with van der Waals surface area (Å²) in [6, 6.07) is 7.78. The fraction of sp³-hybridized carbons (Fsp3) is 0.111. The summed E-state index contributed by atoms with van der Waals surface area (Å²) in [5.74, 6) is 0. The van der Waals surface area contributed by atoms with Crippen LogP contribution in [-0.4, -0.2) is 22.3 Å². The molecule has 10 heteroatoms. The van der Waals surface area contributed by atoms with Crippen molar-refractivity contribution < 1.29 is 30.0 Å². The lowest BCUT2D eigenvalue weighted by Crippen LogP contribution is -2.39. The lowest BCUT2D eigenvalue weighted by atomic mass is 10.2. The SMILES string of the molecule is O=S(=O)(C=Cc1ccccc1)NS(=O)(=O)C(F)(F)F. The van der Waals surface area contributed by atoms with Gasteiger partial charge in [0.2, 0.25) is 10.0 Å². The summed E-state index contributed by atoms with van der Waals surface area (Å²) in [5, 5.41) is 0.339. The smallest absolute Gasteiger partial charge is 0.207 e. The number of sulfonamides is 2. The van der Waals surface area contributed by atoms with E-state index in [-0.39, 0.29) is 0 Å². The van der Waals surface area contributed by atoms with E-state index in [4.69, 9.17) is 0 Å². The minimum absolute atomic E-state index is 0.339. The monoisotopic (exact) mass is 315 g/mol. The van der Waals surface area contributed by atoms with E-state index in [1.54, 1.807) is 18.2 Å². The molecule has 19 heavy (non-hydrogen) atoms. The van der Waals surface area contributed by atoms with Crippen molar-refractivity contribution in [3.8, 4) is 0 Å². The average Bonchev–Trinajstić information content (AvgIpc) is 2.25. The van der Waals surface area contributed by atoms with Gasteiger partial charge < -0.3 is 0 Å². The zero-order valence-electron chi connectivity index (χ0n) is 9.12. The summed E-state index contributed by atoms with van der Waals surface area (Å²) >= 11 is 0. The largest absolute Gasteiger partial charge is 0.512 e. The maximum atomic E-state index is 12.0. The highest BCUT2D eigenvalue weighted by Gasteiger charge is 2.47. The first-order chi connectivity index (χ1) is 8.54. The van der Waals surface area contributed by atoms with Crippen molar-refractivity contribution in [1.82, 2.24) is 4.13 Å². The first kappa shape index (κ1) is 15.7. The van der Waals surface area contributed by atoms with E-state index in [9.17, 15) is 30.0 Å². The highest BCUT2D eigenvalue weighted by Crippen LogP contribution is 2.22. The molecule has 0 aliphatic carbocycles. The highest BCUT2D eigenvalue weighted by molar-refractivity contribution is 8.06. The molecule has 1 N–H and O–H groups in total. The number of rotatable bonds is 4. The van der Waals surface area contributed by atoms with Crippen LogP contribution in [0, 0.1) is 0 Å². The molecule has 1 aromatic rings. The third kappa shape index (κ3) is 4.65. The number of halogens is 3. The molecule has 0 heterocycles. The van der Waals surface area contributed by atoms with Crippen LogP contribution in [0.3, 0.4) is 0 Å². The fourth-order valence-corrected chi connectivity index (χ4v) is 3.12. The number of alkyl halides is 3. The number of hydrogen-bond donors (Lipinski definition) is 1. The van der Waals surface area contributed by atoms with Gasteiger partial charge in [0.05, 0.1) is 0 Å². The van der Waals surface area contributed by atoms with Crippen molar-refractivity contribution in [2.24, 2.45) is 0 Å². The summed E-state index contributed by atoms with van der Waals surface area (Å²) in [7, 11) is -10.7. The first-order valence-electron chi connectivity index (χ1n) is 4.61. The van der Waals surface area contributed by atoms with E-state index in [1.165, 1.54) is 12.1 Å². The van der Waals surface area contributed by atoms with Crippen LogP contribution in [0.2, 0.25) is 0 Å². The maximum absolute atomic E-state index is 12.0. The molecule has 0 fully saturated rings. The van der Waals surface area contributed by atoms with Crippen molar-refractivity contribution in [3.05, 3.63) is 41.3 Å². The minimum atomic E-state index is -5.95. The van der Waals surface area contributed by atoms with Gasteiger partial charge in [-0.1, -0.05) is 34.5 Å². The summed E-state index contributed by atoms with van der Waals surface area (Å²) < 4.78 is 80.2. The Morgan fingerprint density at radius 3 is 2.00 bits per heavy atom. The third-order valence-corrected chi connectivity index (χ3v) is 4.68. The Hall–Kier alpha value is -1.39. The number of nitrogens with one attached hydrogen (secondary N) is 1. The zero-order valence-corrected chi connectivity index (χ0v) is 10.8. The molecule has 0 atom stereocenters. The second kappa shape index (κ2) is 5.31. The number of benzene rings is 1. The number of hydrogen-bond acceptors (Lipinski definition) is 4. The predicted molar refractivity (Wildman–Crippen MR) is 62.5 cm³/mol. The van der Waals surface area contributed by atoms with Gasteiger partial charge in [0, 0.05) is 5.41 Å². The van der Waals surface area contributed by atoms with Crippen molar-refractivity contribution in [2.75, 3.05) is 0 Å². The average molecular weight is 315 g/mol. The van der Waals surface area contributed by atoms with Crippen LogP contribution in [0.1, 0.15) is 5.56 Å². The molecule has 0 aromatic heterocycles. The van der Waals surface area contributed by atoms with E-state index in [0.717, 1.165) is 6.08 Å². The van der Waals surface area contributed by atoms with Crippen molar-refractivity contribution in [3.63, 3.8) is 0 Å². The van der Waals surface area contributed by atoms with Gasteiger partial charge in [0.25, 0.3) is 0 Å². The topological polar surface area (TPSA) is 80.3 Å². The second-order valence-corrected chi connectivity index (χ2v) is 6.79. The van der Waals surface area contributed by atoms with E-state index in [1.807, 2.05) is 0 Å². The third-order valence-electron chi connectivity index (χ3n) is 1.77. The van der Waals surface area contributed by atoms with Crippen LogP contribution in [0.25, 0.3) is 6.08 Å². The zero-order chi connectivity index (χ0) is 14.7. The molecule has 0 saturated heterocycles. The molecule has 0 spiro atoms. The van der Waals surface area contributed by atoms with Gasteiger partial charge in [-0.3, -0.25) is 0 Å². The molecule has 0 saturated carbocycles. The molecule has 0 aliphatic rings. The molecular formula is C9H8F3NO4S2. The predicted octanol–water partition coefficient (Wildman–Crippen LogP) is 1.43. The normalized spacial score (nSPS) is 13.8. The van der Waals surface area contributed by atoms with Gasteiger partial charge in [0.15, 0.2) is 0 Å². The molecule has 5 nitrogen and oxygen atoms in total. The van der Waals surface area contributed by atoms with Crippen LogP contribution >= 0.6 is 0 Å². The Bertz CT molecular complexity index is 663. The van der Waals surface area contributed by atoms with Gasteiger partial charge >= 0.3 is 15.5 Å². The van der Waals surface area contributed by atoms with Gasteiger partial charge in [0.1, 0.15) is 0 Å². The maximum Gasteiger partial charge on any atom is 0.512 e. The van der Waals surface area contributed by atoms with Crippen molar-refractivity contribution in [1.29, 1.82) is 0 Å². The van der Waals surface area contributed by atoms with Crippen molar-refractivity contribution >= 4 is 26.1 Å². The highest BCUT2D eigenvalue weighted by atomic mass is 32.3. The molecule has 1 rings (SSSR count). The van der Waals surface area contributed by atoms with Gasteiger partial charge in [-0.2, -0.15) is 13.2 Å². The standard InChI is InChI=1S/C9H8F3NO4S2/c10-9(11,12)19(16,17)13-18(14,15)7-6-8-4-2-1-3-5-8/h1-7,13H. The molecular weight excluding hydrogens is 307 g/mol. The summed E-state index contributed by atoms with van der Waals surface area (Å²) in [6.07, 6.45) is 0.966. The Morgan fingerprint density at radius 2 is 1.53 bits per heavy atom. The van der Waals surface area contributed by atoms with E-state index < -0.39 is 25.6 Å². The Balaban J connectivity index is 2.94. The first-order valence-corrected chi connectivity index (χ1v) is 7.64. The summed E-state index contributed by atoms with van der Waals surface area (Å²) in [6.45, 7) is 0. The Morgan fingerprint density at radius 1 is 1.00 bits per heavy atom. The molecule has 1 aromatic carbocycles. The van der Waals surface area contributed by atoms with Gasteiger partial charge in [-0.15, -0.1) is 0 Å². The summed E-state index contributed by atoms with van der Waals surface area (Å²) in [5.41, 5.74) is -5.31. The van der Waals surface area contributed by atoms with Crippen LogP contribution in [0.5, 0.6) is 0 Å². The van der Waals surface area contributed by atoms with E-state index >= 15 is 0 Å². The van der Waals surface area contributed by atoms with Crippen LogP contribution in [-0.2, 0) is 20.0 Å². The molecule has 0 aliphatic heterocycles. The van der Waals surface area contributed by atoms with E-state index in [0.29, 0.717) is 15.1 Å². The Kier molecular flexibility index (Phi) is 4.38. The van der Waals surface area contributed by atoms with Gasteiger partial charge in [-0.25, -0.2) is 16.8 Å². The second-order valence-electron chi connectivity index (χ2n) is 3.29. The quantitative estimate of drug-likeness (QED) is 0.911. The van der Waals surface area contributed by atoms with E-state index in [2.05, 4.69) is 0 Å². The van der Waals surface area contributed by atoms with Crippen LogP contribution < -0.4 is 4.13 Å². The molecule has 0 bridgehead atoms. The minimum Gasteiger partial charge on any atom is -0.207 e. The molecule has 0 amide bonds. The fourth-order valence-electron chi connectivity index (χ4n) is 0.960. The van der Waals surface area contributed by atoms with Crippen molar-refractivity contribution in [2.45, 2.75) is 5.51 Å². The van der Waals surface area contributed by atoms with Gasteiger partial charge in [-0.05, 0) is 11.6 Å². The van der Waals surface area contributed by atoms with Crippen LogP contribution in [0.4, 0.5) is 13.2 Å². The molecule has 0 unspecified atom stereocenters.